The Labute approximate surface area is 152 Å². The van der Waals surface area contributed by atoms with Gasteiger partial charge in [-0.2, -0.15) is 0 Å². The Morgan fingerprint density at radius 3 is 2.81 bits per heavy atom. The topological polar surface area (TPSA) is 63.7 Å². The first kappa shape index (κ1) is 16.4. The van der Waals surface area contributed by atoms with Crippen LogP contribution in [-0.2, 0) is 11.3 Å². The van der Waals surface area contributed by atoms with Gasteiger partial charge >= 0.3 is 0 Å². The third-order valence-electron chi connectivity index (χ3n) is 4.53. The molecule has 1 N–H and O–H groups in total. The van der Waals surface area contributed by atoms with Crippen LogP contribution in [0, 0.1) is 0 Å². The van der Waals surface area contributed by atoms with E-state index in [0.717, 1.165) is 35.8 Å². The molecular formula is C20H21N3O3. The standard InChI is InChI=1S/C20H21N3O3/c24-20(8-5-15-3-6-17-18(11-15)26-14-25-17)22-13-16-4-7-19(21-12-16)23-9-1-2-10-23/h3-8,11-12H,1-2,9-10,13-14H2,(H,22,24)/b8-5+. The maximum absolute atomic E-state index is 12.0. The molecule has 2 aliphatic heterocycles. The third-order valence-corrected chi connectivity index (χ3v) is 4.53. The summed E-state index contributed by atoms with van der Waals surface area (Å²) in [5.74, 6) is 2.31. The number of benzene rings is 1. The molecule has 0 unspecified atom stereocenters. The molecule has 0 spiro atoms. The van der Waals surface area contributed by atoms with Gasteiger partial charge in [-0.15, -0.1) is 0 Å². The number of anilines is 1. The summed E-state index contributed by atoms with van der Waals surface area (Å²) in [5.41, 5.74) is 1.87. The van der Waals surface area contributed by atoms with Crippen molar-refractivity contribution in [3.8, 4) is 11.5 Å². The zero-order chi connectivity index (χ0) is 17.8. The van der Waals surface area contributed by atoms with E-state index in [1.165, 1.54) is 18.9 Å². The first-order valence-corrected chi connectivity index (χ1v) is 8.83. The van der Waals surface area contributed by atoms with E-state index in [2.05, 4.69) is 15.2 Å². The van der Waals surface area contributed by atoms with Crippen LogP contribution in [0.2, 0.25) is 0 Å². The molecule has 1 amide bonds. The molecule has 2 aliphatic rings. The van der Waals surface area contributed by atoms with E-state index in [1.54, 1.807) is 6.08 Å². The number of hydrogen-bond acceptors (Lipinski definition) is 5. The minimum absolute atomic E-state index is 0.147. The lowest BCUT2D eigenvalue weighted by molar-refractivity contribution is -0.116. The Morgan fingerprint density at radius 1 is 1.15 bits per heavy atom. The van der Waals surface area contributed by atoms with Crippen LogP contribution in [-0.4, -0.2) is 30.8 Å². The van der Waals surface area contributed by atoms with Gasteiger partial charge in [0.2, 0.25) is 12.7 Å². The van der Waals surface area contributed by atoms with Gasteiger partial charge in [-0.05, 0) is 48.2 Å². The Bertz CT molecular complexity index is 812. The molecule has 0 bridgehead atoms. The first-order chi connectivity index (χ1) is 12.8. The van der Waals surface area contributed by atoms with Gasteiger partial charge in [0.25, 0.3) is 0 Å². The molecule has 26 heavy (non-hydrogen) atoms. The molecule has 4 rings (SSSR count). The van der Waals surface area contributed by atoms with Crippen molar-refractivity contribution in [1.82, 2.24) is 10.3 Å². The number of carbonyl (C=O) groups is 1. The second-order valence-electron chi connectivity index (χ2n) is 6.38. The molecule has 1 fully saturated rings. The van der Waals surface area contributed by atoms with Crippen molar-refractivity contribution in [2.24, 2.45) is 0 Å². The molecule has 0 atom stereocenters. The summed E-state index contributed by atoms with van der Waals surface area (Å²) < 4.78 is 10.6. The summed E-state index contributed by atoms with van der Waals surface area (Å²) in [4.78, 5) is 18.8. The molecule has 3 heterocycles. The third kappa shape index (κ3) is 3.79. The van der Waals surface area contributed by atoms with Crippen LogP contribution in [0.4, 0.5) is 5.82 Å². The zero-order valence-electron chi connectivity index (χ0n) is 14.5. The molecule has 1 aromatic heterocycles. The summed E-state index contributed by atoms with van der Waals surface area (Å²) in [6, 6.07) is 9.62. The highest BCUT2D eigenvalue weighted by molar-refractivity contribution is 5.91. The number of nitrogens with zero attached hydrogens (tertiary/aromatic N) is 2. The number of pyridine rings is 1. The van der Waals surface area contributed by atoms with Gasteiger partial charge in [0.05, 0.1) is 0 Å². The number of amides is 1. The van der Waals surface area contributed by atoms with Crippen LogP contribution in [0.3, 0.4) is 0 Å². The largest absolute Gasteiger partial charge is 0.454 e. The summed E-state index contributed by atoms with van der Waals surface area (Å²) in [5, 5.41) is 2.88. The highest BCUT2D eigenvalue weighted by Crippen LogP contribution is 2.32. The first-order valence-electron chi connectivity index (χ1n) is 8.83. The lowest BCUT2D eigenvalue weighted by atomic mass is 10.2. The van der Waals surface area contributed by atoms with Crippen LogP contribution >= 0.6 is 0 Å². The molecule has 1 aromatic carbocycles. The summed E-state index contributed by atoms with van der Waals surface area (Å²) in [7, 11) is 0. The minimum Gasteiger partial charge on any atom is -0.454 e. The predicted octanol–water partition coefficient (Wildman–Crippen LogP) is 2.74. The molecule has 0 saturated carbocycles. The van der Waals surface area contributed by atoms with Crippen LogP contribution in [0.15, 0.2) is 42.6 Å². The van der Waals surface area contributed by atoms with Gasteiger partial charge in [-0.1, -0.05) is 12.1 Å². The summed E-state index contributed by atoms with van der Waals surface area (Å²) in [6.45, 7) is 2.85. The lowest BCUT2D eigenvalue weighted by Crippen LogP contribution is -2.21. The fourth-order valence-electron chi connectivity index (χ4n) is 3.09. The summed E-state index contributed by atoms with van der Waals surface area (Å²) >= 11 is 0. The van der Waals surface area contributed by atoms with Crippen molar-refractivity contribution in [2.75, 3.05) is 24.8 Å². The molecule has 2 aromatic rings. The van der Waals surface area contributed by atoms with E-state index in [-0.39, 0.29) is 12.7 Å². The van der Waals surface area contributed by atoms with Crippen molar-refractivity contribution < 1.29 is 14.3 Å². The zero-order valence-corrected chi connectivity index (χ0v) is 14.5. The van der Waals surface area contributed by atoms with Gasteiger partial charge < -0.3 is 19.7 Å². The summed E-state index contributed by atoms with van der Waals surface area (Å²) in [6.07, 6.45) is 7.56. The number of carbonyl (C=O) groups excluding carboxylic acids is 1. The van der Waals surface area contributed by atoms with Gasteiger partial charge in [0.1, 0.15) is 5.82 Å². The number of ether oxygens (including phenoxy) is 2. The Kier molecular flexibility index (Phi) is 4.73. The van der Waals surface area contributed by atoms with Gasteiger partial charge in [-0.25, -0.2) is 4.98 Å². The maximum atomic E-state index is 12.0. The number of hydrogen-bond donors (Lipinski definition) is 1. The van der Waals surface area contributed by atoms with Crippen molar-refractivity contribution >= 4 is 17.8 Å². The molecular weight excluding hydrogens is 330 g/mol. The smallest absolute Gasteiger partial charge is 0.244 e. The number of nitrogens with one attached hydrogen (secondary N) is 1. The SMILES string of the molecule is O=C(/C=C/c1ccc2c(c1)OCO2)NCc1ccc(N2CCCC2)nc1. The highest BCUT2D eigenvalue weighted by atomic mass is 16.7. The van der Waals surface area contributed by atoms with Crippen LogP contribution in [0.5, 0.6) is 11.5 Å². The van der Waals surface area contributed by atoms with Gasteiger partial charge in [0, 0.05) is 31.9 Å². The Morgan fingerprint density at radius 2 is 2.00 bits per heavy atom. The average Bonchev–Trinajstić information content (AvgIpc) is 3.36. The van der Waals surface area contributed by atoms with Gasteiger partial charge in [-0.3, -0.25) is 4.79 Å². The quantitative estimate of drug-likeness (QED) is 0.839. The molecule has 134 valence electrons. The number of rotatable bonds is 5. The second-order valence-corrected chi connectivity index (χ2v) is 6.38. The maximum Gasteiger partial charge on any atom is 0.244 e. The normalized spacial score (nSPS) is 15.6. The highest BCUT2D eigenvalue weighted by Gasteiger charge is 2.13. The van der Waals surface area contributed by atoms with Crippen LogP contribution in [0.25, 0.3) is 6.08 Å². The van der Waals surface area contributed by atoms with Crippen molar-refractivity contribution in [3.63, 3.8) is 0 Å². The van der Waals surface area contributed by atoms with Crippen molar-refractivity contribution in [2.45, 2.75) is 19.4 Å². The van der Waals surface area contributed by atoms with Crippen molar-refractivity contribution in [1.29, 1.82) is 0 Å². The fraction of sp³-hybridized carbons (Fsp3) is 0.300. The van der Waals surface area contributed by atoms with Crippen LogP contribution in [0.1, 0.15) is 24.0 Å². The second kappa shape index (κ2) is 7.47. The molecule has 0 aliphatic carbocycles. The Hall–Kier alpha value is -3.02. The van der Waals surface area contributed by atoms with Crippen molar-refractivity contribution in [3.05, 3.63) is 53.7 Å². The van der Waals surface area contributed by atoms with E-state index < -0.39 is 0 Å². The number of aromatic nitrogens is 1. The van der Waals surface area contributed by atoms with E-state index in [0.29, 0.717) is 12.3 Å². The van der Waals surface area contributed by atoms with Gasteiger partial charge in [0.15, 0.2) is 11.5 Å². The lowest BCUT2D eigenvalue weighted by Gasteiger charge is -2.16. The van der Waals surface area contributed by atoms with E-state index >= 15 is 0 Å². The monoisotopic (exact) mass is 351 g/mol. The minimum atomic E-state index is -0.147. The number of fused-ring (bicyclic) bond motifs is 1. The van der Waals surface area contributed by atoms with E-state index in [1.807, 2.05) is 36.5 Å². The van der Waals surface area contributed by atoms with E-state index in [4.69, 9.17) is 9.47 Å². The fourth-order valence-corrected chi connectivity index (χ4v) is 3.09. The average molecular weight is 351 g/mol. The molecule has 0 radical (unpaired) electrons. The van der Waals surface area contributed by atoms with E-state index in [9.17, 15) is 4.79 Å². The molecule has 1 saturated heterocycles. The Balaban J connectivity index is 1.29. The molecule has 6 nitrogen and oxygen atoms in total. The molecule has 6 heteroatoms. The predicted molar refractivity (Wildman–Crippen MR) is 99.1 cm³/mol. The van der Waals surface area contributed by atoms with Crippen LogP contribution < -0.4 is 19.7 Å².